The molecule has 126 valence electrons. The van der Waals surface area contributed by atoms with Crippen LogP contribution in [0.4, 0.5) is 4.39 Å². The minimum Gasteiger partial charge on any atom is -1.00 e. The molecule has 0 fully saturated rings. The van der Waals surface area contributed by atoms with Gasteiger partial charge in [-0.1, -0.05) is 18.2 Å². The smallest absolute Gasteiger partial charge is 1.00 e. The molecule has 25 heavy (non-hydrogen) atoms. The van der Waals surface area contributed by atoms with Crippen molar-refractivity contribution in [2.45, 2.75) is 25.0 Å². The molecule has 1 heterocycles. The summed E-state index contributed by atoms with van der Waals surface area (Å²) in [5.74, 6) is -0.250. The molecular formula is C20H22FN2NaO. The van der Waals surface area contributed by atoms with E-state index in [1.165, 1.54) is 12.1 Å². The van der Waals surface area contributed by atoms with Gasteiger partial charge in [0.1, 0.15) is 11.4 Å². The van der Waals surface area contributed by atoms with Crippen LogP contribution in [0.25, 0.3) is 0 Å². The zero-order chi connectivity index (χ0) is 17.2. The van der Waals surface area contributed by atoms with Crippen molar-refractivity contribution in [3.63, 3.8) is 0 Å². The van der Waals surface area contributed by atoms with E-state index in [0.717, 1.165) is 36.1 Å². The fourth-order valence-corrected chi connectivity index (χ4v) is 3.41. The second kappa shape index (κ2) is 8.44. The summed E-state index contributed by atoms with van der Waals surface area (Å²) in [6.07, 6.45) is 1.78. The molecule has 0 radical (unpaired) electrons. The minimum atomic E-state index is -0.562. The molecule has 1 aliphatic rings. The number of ether oxygens (including phenoxy) is 1. The third kappa shape index (κ3) is 4.13. The first-order chi connectivity index (χ1) is 11.5. The van der Waals surface area contributed by atoms with Crippen molar-refractivity contribution >= 4 is 0 Å². The van der Waals surface area contributed by atoms with Gasteiger partial charge in [-0.05, 0) is 74.4 Å². The Kier molecular flexibility index (Phi) is 6.79. The summed E-state index contributed by atoms with van der Waals surface area (Å²) in [6, 6.07) is 14.5. The summed E-state index contributed by atoms with van der Waals surface area (Å²) < 4.78 is 19.6. The molecule has 0 aromatic heterocycles. The second-order valence-corrected chi connectivity index (χ2v) is 6.51. The van der Waals surface area contributed by atoms with Crippen LogP contribution in [0.1, 0.15) is 36.5 Å². The second-order valence-electron chi connectivity index (χ2n) is 6.51. The van der Waals surface area contributed by atoms with Gasteiger partial charge in [0.25, 0.3) is 0 Å². The van der Waals surface area contributed by atoms with Crippen LogP contribution < -0.4 is 29.6 Å². The average Bonchev–Trinajstić information content (AvgIpc) is 2.94. The Morgan fingerprint density at radius 2 is 1.96 bits per heavy atom. The van der Waals surface area contributed by atoms with Gasteiger partial charge in [-0.25, -0.2) is 4.39 Å². The van der Waals surface area contributed by atoms with Gasteiger partial charge < -0.3 is 11.1 Å². The number of rotatable bonds is 5. The van der Waals surface area contributed by atoms with Crippen molar-refractivity contribution in [1.82, 2.24) is 4.90 Å². The predicted octanol–water partition coefficient (Wildman–Crippen LogP) is 0.929. The number of hydrogen-bond acceptors (Lipinski definition) is 3. The quantitative estimate of drug-likeness (QED) is 0.755. The molecule has 0 N–H and O–H groups in total. The Labute approximate surface area is 172 Å². The molecule has 2 aromatic carbocycles. The van der Waals surface area contributed by atoms with E-state index < -0.39 is 5.60 Å². The number of halogens is 1. The maximum absolute atomic E-state index is 13.4. The van der Waals surface area contributed by atoms with Crippen LogP contribution >= 0.6 is 0 Å². The summed E-state index contributed by atoms with van der Waals surface area (Å²) in [7, 11) is 4.10. The van der Waals surface area contributed by atoms with Gasteiger partial charge in [0.05, 0.1) is 18.2 Å². The maximum atomic E-state index is 13.4. The van der Waals surface area contributed by atoms with Gasteiger partial charge in [0.15, 0.2) is 0 Å². The van der Waals surface area contributed by atoms with E-state index in [2.05, 4.69) is 11.0 Å². The molecular weight excluding hydrogens is 326 g/mol. The molecule has 0 saturated carbocycles. The molecule has 1 unspecified atom stereocenters. The van der Waals surface area contributed by atoms with E-state index >= 15 is 0 Å². The summed E-state index contributed by atoms with van der Waals surface area (Å²) in [5, 5.41) is 9.11. The molecule has 5 heteroatoms. The first kappa shape index (κ1) is 20.1. The first-order valence-electron chi connectivity index (χ1n) is 8.13. The Morgan fingerprint density at radius 3 is 2.60 bits per heavy atom. The Balaban J connectivity index is 0.00000169. The number of fused-ring (bicyclic) bond motifs is 1. The van der Waals surface area contributed by atoms with Crippen LogP contribution in [0.5, 0.6) is 0 Å². The van der Waals surface area contributed by atoms with Gasteiger partial charge in [-0.2, -0.15) is 5.26 Å². The molecule has 1 atom stereocenters. The summed E-state index contributed by atoms with van der Waals surface area (Å²) in [4.78, 5) is 2.15. The van der Waals surface area contributed by atoms with Crippen LogP contribution in [0.15, 0.2) is 42.5 Å². The van der Waals surface area contributed by atoms with Crippen molar-refractivity contribution < 1.29 is 40.1 Å². The summed E-state index contributed by atoms with van der Waals surface area (Å²) in [6.45, 7) is 1.43. The van der Waals surface area contributed by atoms with E-state index in [1.807, 2.05) is 32.3 Å². The number of benzene rings is 2. The van der Waals surface area contributed by atoms with Crippen molar-refractivity contribution in [1.29, 1.82) is 5.26 Å². The molecule has 0 spiro atoms. The third-order valence-corrected chi connectivity index (χ3v) is 4.59. The van der Waals surface area contributed by atoms with Crippen LogP contribution in [0, 0.1) is 17.1 Å². The summed E-state index contributed by atoms with van der Waals surface area (Å²) >= 11 is 0. The van der Waals surface area contributed by atoms with Gasteiger partial charge in [0, 0.05) is 0 Å². The maximum Gasteiger partial charge on any atom is 1.00 e. The largest absolute Gasteiger partial charge is 1.00 e. The van der Waals surface area contributed by atoms with Crippen molar-refractivity contribution in [3.8, 4) is 6.07 Å². The number of nitrogens with zero attached hydrogens (tertiary/aromatic N) is 2. The SMILES string of the molecule is CN(C)CCCC1(c2ccc(F)cc2)OCc2cc(C#N)ccc21.[H-].[Na+]. The fourth-order valence-electron chi connectivity index (χ4n) is 3.41. The zero-order valence-electron chi connectivity index (χ0n) is 16.1. The van der Waals surface area contributed by atoms with Crippen LogP contribution in [-0.4, -0.2) is 25.5 Å². The number of nitriles is 1. The van der Waals surface area contributed by atoms with E-state index in [0.29, 0.717) is 12.2 Å². The van der Waals surface area contributed by atoms with Crippen molar-refractivity contribution in [3.05, 3.63) is 70.5 Å². The Hall–Kier alpha value is -1.22. The molecule has 1 aliphatic heterocycles. The monoisotopic (exact) mass is 348 g/mol. The van der Waals surface area contributed by atoms with E-state index in [-0.39, 0.29) is 36.8 Å². The average molecular weight is 348 g/mol. The van der Waals surface area contributed by atoms with Crippen molar-refractivity contribution in [2.24, 2.45) is 0 Å². The zero-order valence-corrected chi connectivity index (χ0v) is 17.1. The van der Waals surface area contributed by atoms with E-state index in [1.54, 1.807) is 12.1 Å². The molecule has 0 amide bonds. The predicted molar refractivity (Wildman–Crippen MR) is 92.0 cm³/mol. The van der Waals surface area contributed by atoms with Crippen LogP contribution in [-0.2, 0) is 16.9 Å². The van der Waals surface area contributed by atoms with Gasteiger partial charge in [-0.15, -0.1) is 0 Å². The molecule has 3 rings (SSSR count). The van der Waals surface area contributed by atoms with Gasteiger partial charge in [-0.3, -0.25) is 0 Å². The summed E-state index contributed by atoms with van der Waals surface area (Å²) in [5.41, 5.74) is 3.18. The van der Waals surface area contributed by atoms with Gasteiger partial charge >= 0.3 is 29.6 Å². The van der Waals surface area contributed by atoms with Crippen molar-refractivity contribution in [2.75, 3.05) is 20.6 Å². The molecule has 0 saturated heterocycles. The normalized spacial score (nSPS) is 18.5. The van der Waals surface area contributed by atoms with E-state index in [9.17, 15) is 4.39 Å². The van der Waals surface area contributed by atoms with Gasteiger partial charge in [0.2, 0.25) is 0 Å². The molecule has 2 aromatic rings. The standard InChI is InChI=1S/C20H21FN2O.Na.H/c1-23(2)11-3-10-20(17-5-7-18(21)8-6-17)19-9-4-15(13-22)12-16(19)14-24-20;;/h4-9,12H,3,10-11,14H2,1-2H3;;/q;+1;-1. The first-order valence-corrected chi connectivity index (χ1v) is 8.13. The Morgan fingerprint density at radius 1 is 1.24 bits per heavy atom. The number of hydrogen-bond donors (Lipinski definition) is 0. The minimum absolute atomic E-state index is 0. The van der Waals surface area contributed by atoms with Crippen LogP contribution in [0.3, 0.4) is 0 Å². The third-order valence-electron chi connectivity index (χ3n) is 4.59. The Bertz CT molecular complexity index is 776. The van der Waals surface area contributed by atoms with Crippen LogP contribution in [0.2, 0.25) is 0 Å². The molecule has 0 bridgehead atoms. The van der Waals surface area contributed by atoms with E-state index in [4.69, 9.17) is 10.00 Å². The topological polar surface area (TPSA) is 36.3 Å². The fraction of sp³-hybridized carbons (Fsp3) is 0.350. The molecule has 0 aliphatic carbocycles. The molecule has 3 nitrogen and oxygen atoms in total.